The molecular weight excluding hydrogens is 200 g/mol. The summed E-state index contributed by atoms with van der Waals surface area (Å²) in [5, 5.41) is 3.50. The first-order valence-corrected chi connectivity index (χ1v) is 6.48. The Bertz CT molecular complexity index is 263. The summed E-state index contributed by atoms with van der Waals surface area (Å²) < 4.78 is 6.18. The summed E-state index contributed by atoms with van der Waals surface area (Å²) in [6, 6.07) is 1.17. The van der Waals surface area contributed by atoms with Crippen LogP contribution in [0.15, 0.2) is 0 Å². The average Bonchev–Trinajstić information content (AvgIpc) is 2.34. The average molecular weight is 226 g/mol. The normalized spacial score (nSPS) is 38.8. The Morgan fingerprint density at radius 1 is 1.25 bits per heavy atom. The third-order valence-electron chi connectivity index (χ3n) is 3.87. The van der Waals surface area contributed by atoms with Crippen LogP contribution in [-0.4, -0.2) is 47.8 Å². The summed E-state index contributed by atoms with van der Waals surface area (Å²) >= 11 is 0. The molecule has 3 heteroatoms. The predicted octanol–water partition coefficient (Wildman–Crippen LogP) is 1.63. The molecule has 3 nitrogen and oxygen atoms in total. The molecule has 1 N–H and O–H groups in total. The Labute approximate surface area is 99.5 Å². The molecule has 0 amide bonds. The van der Waals surface area contributed by atoms with Crippen LogP contribution in [-0.2, 0) is 4.74 Å². The van der Waals surface area contributed by atoms with Crippen LogP contribution in [0.25, 0.3) is 0 Å². The largest absolute Gasteiger partial charge is 0.368 e. The van der Waals surface area contributed by atoms with E-state index in [0.717, 1.165) is 26.1 Å². The van der Waals surface area contributed by atoms with Crippen LogP contribution in [0, 0.1) is 0 Å². The van der Waals surface area contributed by atoms with Gasteiger partial charge in [0.05, 0.1) is 11.2 Å². The van der Waals surface area contributed by atoms with E-state index < -0.39 is 0 Å². The van der Waals surface area contributed by atoms with E-state index in [1.54, 1.807) is 0 Å². The van der Waals surface area contributed by atoms with Crippen molar-refractivity contribution in [2.75, 3.05) is 19.6 Å². The molecule has 0 radical (unpaired) electrons. The van der Waals surface area contributed by atoms with Crippen molar-refractivity contribution >= 4 is 0 Å². The van der Waals surface area contributed by atoms with Gasteiger partial charge in [0.15, 0.2) is 0 Å². The Morgan fingerprint density at radius 3 is 2.44 bits per heavy atom. The molecule has 2 saturated heterocycles. The summed E-state index contributed by atoms with van der Waals surface area (Å²) in [5.41, 5.74) is 0.0167. The molecular formula is C13H26N2O. The predicted molar refractivity (Wildman–Crippen MR) is 66.7 cm³/mol. The van der Waals surface area contributed by atoms with E-state index in [-0.39, 0.29) is 11.2 Å². The lowest BCUT2D eigenvalue weighted by Gasteiger charge is -2.40. The van der Waals surface area contributed by atoms with Crippen molar-refractivity contribution in [3.8, 4) is 0 Å². The number of rotatable bonds is 1. The smallest absolute Gasteiger partial charge is 0.0789 e. The van der Waals surface area contributed by atoms with Crippen molar-refractivity contribution in [1.82, 2.24) is 10.2 Å². The van der Waals surface area contributed by atoms with Crippen LogP contribution in [0.4, 0.5) is 0 Å². The molecule has 16 heavy (non-hydrogen) atoms. The van der Waals surface area contributed by atoms with Crippen molar-refractivity contribution in [3.05, 3.63) is 0 Å². The molecule has 0 aromatic carbocycles. The Kier molecular flexibility index (Phi) is 3.06. The second-order valence-electron chi connectivity index (χ2n) is 6.54. The van der Waals surface area contributed by atoms with Crippen LogP contribution in [0.3, 0.4) is 0 Å². The van der Waals surface area contributed by atoms with E-state index >= 15 is 0 Å². The lowest BCUT2D eigenvalue weighted by molar-refractivity contribution is -0.0821. The molecule has 2 atom stereocenters. The van der Waals surface area contributed by atoms with Crippen LogP contribution in [0.2, 0.25) is 0 Å². The van der Waals surface area contributed by atoms with Crippen LogP contribution in [0.1, 0.15) is 41.0 Å². The third-order valence-corrected chi connectivity index (χ3v) is 3.87. The monoisotopic (exact) mass is 226 g/mol. The van der Waals surface area contributed by atoms with E-state index in [4.69, 9.17) is 4.74 Å². The highest BCUT2D eigenvalue weighted by Crippen LogP contribution is 2.40. The highest BCUT2D eigenvalue weighted by atomic mass is 16.5. The quantitative estimate of drug-likeness (QED) is 0.735. The first-order valence-electron chi connectivity index (χ1n) is 6.48. The molecule has 0 bridgehead atoms. The maximum absolute atomic E-state index is 6.18. The van der Waals surface area contributed by atoms with Crippen molar-refractivity contribution in [1.29, 1.82) is 0 Å². The van der Waals surface area contributed by atoms with Crippen molar-refractivity contribution in [2.45, 2.75) is 64.3 Å². The minimum atomic E-state index is -0.0133. The number of hydrogen-bond acceptors (Lipinski definition) is 3. The van der Waals surface area contributed by atoms with Gasteiger partial charge in [0.25, 0.3) is 0 Å². The molecule has 2 rings (SSSR count). The fourth-order valence-corrected chi connectivity index (χ4v) is 3.35. The first-order chi connectivity index (χ1) is 7.30. The molecule has 0 saturated carbocycles. The van der Waals surface area contributed by atoms with Gasteiger partial charge < -0.3 is 10.1 Å². The van der Waals surface area contributed by atoms with E-state index in [2.05, 4.69) is 44.8 Å². The van der Waals surface area contributed by atoms with E-state index in [1.807, 2.05) is 0 Å². The van der Waals surface area contributed by atoms with E-state index in [0.29, 0.717) is 12.1 Å². The molecule has 0 aromatic rings. The molecule has 2 aliphatic heterocycles. The van der Waals surface area contributed by atoms with Gasteiger partial charge in [-0.1, -0.05) is 0 Å². The van der Waals surface area contributed by atoms with Gasteiger partial charge in [-0.2, -0.15) is 0 Å². The highest BCUT2D eigenvalue weighted by Gasteiger charge is 2.48. The van der Waals surface area contributed by atoms with Crippen molar-refractivity contribution < 1.29 is 4.74 Å². The number of ether oxygens (including phenoxy) is 1. The Hall–Kier alpha value is -0.120. The minimum Gasteiger partial charge on any atom is -0.368 e. The molecule has 1 unspecified atom stereocenters. The van der Waals surface area contributed by atoms with Crippen LogP contribution >= 0.6 is 0 Å². The van der Waals surface area contributed by atoms with Gasteiger partial charge in [-0.25, -0.2) is 0 Å². The molecule has 94 valence electrons. The molecule has 2 aliphatic rings. The van der Waals surface area contributed by atoms with Gasteiger partial charge in [0.1, 0.15) is 0 Å². The van der Waals surface area contributed by atoms with Crippen LogP contribution in [0.5, 0.6) is 0 Å². The van der Waals surface area contributed by atoms with Gasteiger partial charge in [0, 0.05) is 31.7 Å². The highest BCUT2D eigenvalue weighted by molar-refractivity contribution is 5.01. The summed E-state index contributed by atoms with van der Waals surface area (Å²) in [5.74, 6) is 0. The minimum absolute atomic E-state index is 0.0133. The Balaban J connectivity index is 2.08. The van der Waals surface area contributed by atoms with Gasteiger partial charge in [-0.15, -0.1) is 0 Å². The van der Waals surface area contributed by atoms with Crippen molar-refractivity contribution in [2.24, 2.45) is 0 Å². The summed E-state index contributed by atoms with van der Waals surface area (Å²) in [6.45, 7) is 14.6. The van der Waals surface area contributed by atoms with Gasteiger partial charge in [0.2, 0.25) is 0 Å². The topological polar surface area (TPSA) is 24.5 Å². The maximum Gasteiger partial charge on any atom is 0.0789 e. The van der Waals surface area contributed by atoms with Gasteiger partial charge in [-0.3, -0.25) is 4.90 Å². The van der Waals surface area contributed by atoms with E-state index in [9.17, 15) is 0 Å². The standard InChI is InChI=1S/C13H26N2O/c1-10-9-15(7-6-14-10)11-8-12(2,3)16-13(11,4)5/h10-11,14H,6-9H2,1-5H3/t10-,11?/m1/s1. The summed E-state index contributed by atoms with van der Waals surface area (Å²) in [7, 11) is 0. The zero-order valence-electron chi connectivity index (χ0n) is 11.3. The number of nitrogens with zero attached hydrogens (tertiary/aromatic N) is 1. The molecule has 2 fully saturated rings. The fourth-order valence-electron chi connectivity index (χ4n) is 3.35. The maximum atomic E-state index is 6.18. The van der Waals surface area contributed by atoms with Crippen molar-refractivity contribution in [3.63, 3.8) is 0 Å². The number of piperazine rings is 1. The second-order valence-corrected chi connectivity index (χ2v) is 6.54. The van der Waals surface area contributed by atoms with Gasteiger partial charge >= 0.3 is 0 Å². The lowest BCUT2D eigenvalue weighted by Crippen LogP contribution is -2.56. The zero-order valence-corrected chi connectivity index (χ0v) is 11.3. The van der Waals surface area contributed by atoms with Crippen LogP contribution < -0.4 is 5.32 Å². The molecule has 2 heterocycles. The summed E-state index contributed by atoms with van der Waals surface area (Å²) in [6.07, 6.45) is 1.15. The first kappa shape index (κ1) is 12.3. The SMILES string of the molecule is C[C@@H]1CN(C2CC(C)(C)OC2(C)C)CCN1. The molecule has 0 aromatic heterocycles. The third kappa shape index (κ3) is 2.41. The Morgan fingerprint density at radius 2 is 1.94 bits per heavy atom. The second kappa shape index (κ2) is 3.97. The van der Waals surface area contributed by atoms with E-state index in [1.165, 1.54) is 0 Å². The lowest BCUT2D eigenvalue weighted by atomic mass is 9.92. The molecule has 0 aliphatic carbocycles. The fraction of sp³-hybridized carbons (Fsp3) is 1.00. The zero-order chi connectivity index (χ0) is 12.0. The van der Waals surface area contributed by atoms with Gasteiger partial charge in [-0.05, 0) is 41.0 Å². The molecule has 0 spiro atoms. The number of hydrogen-bond donors (Lipinski definition) is 1. The number of nitrogens with one attached hydrogen (secondary N) is 1. The summed E-state index contributed by atoms with van der Waals surface area (Å²) in [4.78, 5) is 2.61.